The Morgan fingerprint density at radius 1 is 1.48 bits per heavy atom. The summed E-state index contributed by atoms with van der Waals surface area (Å²) >= 11 is 0. The van der Waals surface area contributed by atoms with E-state index in [4.69, 9.17) is 0 Å². The van der Waals surface area contributed by atoms with Gasteiger partial charge in [0.25, 0.3) is 0 Å². The highest BCUT2D eigenvalue weighted by atomic mass is 32.2. The Morgan fingerprint density at radius 3 is 2.81 bits per heavy atom. The Labute approximate surface area is 126 Å². The molecule has 0 bridgehead atoms. The molecule has 1 aliphatic heterocycles. The third kappa shape index (κ3) is 3.63. The molecule has 1 fully saturated rings. The molecule has 0 aromatic carbocycles. The third-order valence-electron chi connectivity index (χ3n) is 3.99. The predicted octanol–water partition coefficient (Wildman–Crippen LogP) is 0.0560. The number of H-pyrrole nitrogens is 1. The molecule has 0 aliphatic carbocycles. The Kier molecular flexibility index (Phi) is 5.03. The second-order valence-corrected chi connectivity index (χ2v) is 7.56. The molecule has 1 saturated heterocycles. The van der Waals surface area contributed by atoms with Gasteiger partial charge in [-0.05, 0) is 39.9 Å². The summed E-state index contributed by atoms with van der Waals surface area (Å²) in [7, 11) is 0.280. The van der Waals surface area contributed by atoms with Gasteiger partial charge in [-0.2, -0.15) is 5.10 Å². The average Bonchev–Trinajstić information content (AvgIpc) is 2.75. The van der Waals surface area contributed by atoms with E-state index in [2.05, 4.69) is 39.1 Å². The smallest absolute Gasteiger partial charge is 0.244 e. The minimum absolute atomic E-state index is 0.0251. The lowest BCUT2D eigenvalue weighted by atomic mass is 9.95. The molecule has 120 valence electrons. The SMILES string of the molecule is CNCc1n[nH]c(C)c1S(=O)(=O)NC1CCN(C)CC1C. The topological polar surface area (TPSA) is 90.1 Å². The number of aryl methyl sites for hydroxylation is 1. The maximum atomic E-state index is 12.7. The minimum atomic E-state index is -3.55. The van der Waals surface area contributed by atoms with Gasteiger partial charge in [0.1, 0.15) is 4.90 Å². The zero-order valence-electron chi connectivity index (χ0n) is 13.1. The van der Waals surface area contributed by atoms with Crippen LogP contribution in [0.3, 0.4) is 0 Å². The van der Waals surface area contributed by atoms with E-state index in [1.54, 1.807) is 14.0 Å². The van der Waals surface area contributed by atoms with Crippen molar-refractivity contribution in [1.29, 1.82) is 0 Å². The van der Waals surface area contributed by atoms with Crippen LogP contribution in [0.5, 0.6) is 0 Å². The Hall–Kier alpha value is -0.960. The molecule has 0 amide bonds. The zero-order chi connectivity index (χ0) is 15.6. The average molecular weight is 315 g/mol. The van der Waals surface area contributed by atoms with E-state index < -0.39 is 10.0 Å². The quantitative estimate of drug-likeness (QED) is 0.715. The first kappa shape index (κ1) is 16.4. The second-order valence-electron chi connectivity index (χ2n) is 5.91. The monoisotopic (exact) mass is 315 g/mol. The van der Waals surface area contributed by atoms with Crippen LogP contribution in [0.15, 0.2) is 4.90 Å². The van der Waals surface area contributed by atoms with Crippen molar-refractivity contribution in [2.75, 3.05) is 27.2 Å². The van der Waals surface area contributed by atoms with Crippen LogP contribution >= 0.6 is 0 Å². The number of hydrogen-bond donors (Lipinski definition) is 3. The first-order valence-corrected chi connectivity index (χ1v) is 8.72. The summed E-state index contributed by atoms with van der Waals surface area (Å²) in [6.07, 6.45) is 0.829. The number of likely N-dealkylation sites (tertiary alicyclic amines) is 1. The molecule has 8 heteroatoms. The molecule has 2 heterocycles. The molecule has 21 heavy (non-hydrogen) atoms. The van der Waals surface area contributed by atoms with Crippen molar-refractivity contribution < 1.29 is 8.42 Å². The molecule has 2 unspecified atom stereocenters. The number of piperidine rings is 1. The lowest BCUT2D eigenvalue weighted by Gasteiger charge is -2.34. The molecule has 2 atom stereocenters. The predicted molar refractivity (Wildman–Crippen MR) is 81.5 cm³/mol. The van der Waals surface area contributed by atoms with Gasteiger partial charge in [0.2, 0.25) is 10.0 Å². The van der Waals surface area contributed by atoms with Crippen molar-refractivity contribution >= 4 is 10.0 Å². The number of aromatic nitrogens is 2. The molecular formula is C13H25N5O2S. The maximum absolute atomic E-state index is 12.7. The van der Waals surface area contributed by atoms with Crippen molar-refractivity contribution in [2.24, 2.45) is 5.92 Å². The first-order valence-electron chi connectivity index (χ1n) is 7.24. The van der Waals surface area contributed by atoms with E-state index in [9.17, 15) is 8.42 Å². The summed E-state index contributed by atoms with van der Waals surface area (Å²) in [5.41, 5.74) is 1.11. The van der Waals surface area contributed by atoms with Gasteiger partial charge in [-0.25, -0.2) is 13.1 Å². The maximum Gasteiger partial charge on any atom is 0.244 e. The van der Waals surface area contributed by atoms with Gasteiger partial charge >= 0.3 is 0 Å². The van der Waals surface area contributed by atoms with Crippen molar-refractivity contribution in [3.05, 3.63) is 11.4 Å². The van der Waals surface area contributed by atoms with Crippen LogP contribution in [-0.2, 0) is 16.6 Å². The normalized spacial score (nSPS) is 24.4. The van der Waals surface area contributed by atoms with Gasteiger partial charge in [0.15, 0.2) is 0 Å². The zero-order valence-corrected chi connectivity index (χ0v) is 13.9. The molecule has 2 rings (SSSR count). The minimum Gasteiger partial charge on any atom is -0.314 e. The van der Waals surface area contributed by atoms with Crippen LogP contribution in [-0.4, -0.2) is 56.7 Å². The van der Waals surface area contributed by atoms with E-state index in [0.29, 0.717) is 23.9 Å². The fraction of sp³-hybridized carbons (Fsp3) is 0.769. The lowest BCUT2D eigenvalue weighted by Crippen LogP contribution is -2.48. The highest BCUT2D eigenvalue weighted by molar-refractivity contribution is 7.89. The van der Waals surface area contributed by atoms with Crippen LogP contribution in [0.2, 0.25) is 0 Å². The molecule has 1 aromatic heterocycles. The van der Waals surface area contributed by atoms with E-state index in [1.807, 2.05) is 0 Å². The summed E-state index contributed by atoms with van der Waals surface area (Å²) in [6.45, 7) is 6.05. The lowest BCUT2D eigenvalue weighted by molar-refractivity contribution is 0.188. The third-order valence-corrected chi connectivity index (χ3v) is 5.68. The van der Waals surface area contributed by atoms with Crippen LogP contribution < -0.4 is 10.0 Å². The van der Waals surface area contributed by atoms with E-state index in [1.165, 1.54) is 0 Å². The van der Waals surface area contributed by atoms with Crippen LogP contribution in [0, 0.1) is 12.8 Å². The number of sulfonamides is 1. The molecule has 1 aromatic rings. The number of rotatable bonds is 5. The fourth-order valence-corrected chi connectivity index (χ4v) is 4.64. The van der Waals surface area contributed by atoms with Gasteiger partial charge in [-0.3, -0.25) is 5.10 Å². The van der Waals surface area contributed by atoms with E-state index >= 15 is 0 Å². The number of nitrogens with one attached hydrogen (secondary N) is 3. The molecule has 3 N–H and O–H groups in total. The Bertz CT molecular complexity index is 583. The number of hydrogen-bond acceptors (Lipinski definition) is 5. The molecule has 0 spiro atoms. The van der Waals surface area contributed by atoms with Crippen LogP contribution in [0.4, 0.5) is 0 Å². The molecule has 0 radical (unpaired) electrons. The molecule has 1 aliphatic rings. The largest absolute Gasteiger partial charge is 0.314 e. The van der Waals surface area contributed by atoms with E-state index in [-0.39, 0.29) is 10.9 Å². The van der Waals surface area contributed by atoms with Crippen molar-refractivity contribution in [1.82, 2.24) is 25.1 Å². The molecule has 7 nitrogen and oxygen atoms in total. The first-order chi connectivity index (χ1) is 9.85. The van der Waals surface area contributed by atoms with Gasteiger partial charge in [0, 0.05) is 19.1 Å². The summed E-state index contributed by atoms with van der Waals surface area (Å²) in [4.78, 5) is 2.51. The van der Waals surface area contributed by atoms with Crippen molar-refractivity contribution in [3.63, 3.8) is 0 Å². The molecule has 0 saturated carbocycles. The Morgan fingerprint density at radius 2 is 2.19 bits per heavy atom. The highest BCUT2D eigenvalue weighted by Gasteiger charge is 2.31. The van der Waals surface area contributed by atoms with Gasteiger partial charge in [-0.1, -0.05) is 6.92 Å². The van der Waals surface area contributed by atoms with Crippen LogP contribution in [0.1, 0.15) is 24.7 Å². The summed E-state index contributed by atoms with van der Waals surface area (Å²) in [5, 5.41) is 9.79. The fourth-order valence-electron chi connectivity index (χ4n) is 2.90. The van der Waals surface area contributed by atoms with Crippen molar-refractivity contribution in [3.8, 4) is 0 Å². The van der Waals surface area contributed by atoms with Crippen LogP contribution in [0.25, 0.3) is 0 Å². The molecular weight excluding hydrogens is 290 g/mol. The van der Waals surface area contributed by atoms with Gasteiger partial charge < -0.3 is 10.2 Å². The van der Waals surface area contributed by atoms with Gasteiger partial charge in [-0.15, -0.1) is 0 Å². The summed E-state index contributed by atoms with van der Waals surface area (Å²) < 4.78 is 28.3. The van der Waals surface area contributed by atoms with Gasteiger partial charge in [0.05, 0.1) is 11.4 Å². The second kappa shape index (κ2) is 6.43. The summed E-state index contributed by atoms with van der Waals surface area (Å²) in [5.74, 6) is 0.290. The van der Waals surface area contributed by atoms with E-state index in [0.717, 1.165) is 19.5 Å². The summed E-state index contributed by atoms with van der Waals surface area (Å²) in [6, 6.07) is -0.0251. The number of aromatic amines is 1. The number of nitrogens with zero attached hydrogens (tertiary/aromatic N) is 2. The Balaban J connectivity index is 2.21. The van der Waals surface area contributed by atoms with Crippen molar-refractivity contribution in [2.45, 2.75) is 37.8 Å². The highest BCUT2D eigenvalue weighted by Crippen LogP contribution is 2.22. The standard InChI is InChI=1S/C13H25N5O2S/c1-9-8-18(4)6-5-11(9)17-21(19,20)13-10(2)15-16-12(13)7-14-3/h9,11,14,17H,5-8H2,1-4H3,(H,15,16).